The summed E-state index contributed by atoms with van der Waals surface area (Å²) >= 11 is 0. The SMILES string of the molecule is O.O.O.OC(O)(O)O.[Al]. The fourth-order valence-electron chi connectivity index (χ4n) is 0. The van der Waals surface area contributed by atoms with Gasteiger partial charge in [0.2, 0.25) is 0 Å². The molecule has 0 rings (SSSR count). The Balaban J connectivity index is -0.0000000133. The minimum Gasteiger partial charge on any atom is -0.412 e. The van der Waals surface area contributed by atoms with E-state index >= 15 is 0 Å². The third-order valence-electron chi connectivity index (χ3n) is 0. The Morgan fingerprint density at radius 1 is 0.667 bits per heavy atom. The van der Waals surface area contributed by atoms with E-state index in [9.17, 15) is 0 Å². The van der Waals surface area contributed by atoms with Gasteiger partial charge in [-0.05, 0) is 0 Å². The topological polar surface area (TPSA) is 175 Å². The Kier molecular flexibility index (Phi) is 43.0. The summed E-state index contributed by atoms with van der Waals surface area (Å²) in [5.74, 6) is 0. The summed E-state index contributed by atoms with van der Waals surface area (Å²) in [7, 11) is 0. The van der Waals surface area contributed by atoms with Crippen molar-refractivity contribution in [2.24, 2.45) is 0 Å². The Labute approximate surface area is 61.2 Å². The molecule has 8 heteroatoms. The van der Waals surface area contributed by atoms with Crippen LogP contribution in [0.5, 0.6) is 0 Å². The van der Waals surface area contributed by atoms with Gasteiger partial charge in [-0.25, -0.2) is 0 Å². The molecule has 0 spiro atoms. The Morgan fingerprint density at radius 3 is 0.667 bits per heavy atom. The fourth-order valence-corrected chi connectivity index (χ4v) is 0. The lowest BCUT2D eigenvalue weighted by molar-refractivity contribution is -0.436. The number of rotatable bonds is 0. The Bertz CT molecular complexity index is 24.4. The van der Waals surface area contributed by atoms with Gasteiger partial charge >= 0.3 is 6.16 Å². The fraction of sp³-hybridized carbons (Fsp3) is 1.00. The molecule has 0 atom stereocenters. The molecule has 0 aromatic carbocycles. The summed E-state index contributed by atoms with van der Waals surface area (Å²) < 4.78 is 0. The monoisotopic (exact) mass is 161 g/mol. The smallest absolute Gasteiger partial charge is 0.402 e. The molecule has 7 nitrogen and oxygen atoms in total. The second-order valence-corrected chi connectivity index (χ2v) is 0.600. The molecule has 0 aromatic heterocycles. The van der Waals surface area contributed by atoms with Crippen LogP contribution >= 0.6 is 0 Å². The molecular formula is CH10AlO7. The minimum absolute atomic E-state index is 0. The first-order chi connectivity index (χ1) is 2.00. The van der Waals surface area contributed by atoms with E-state index in [1.807, 2.05) is 0 Å². The van der Waals surface area contributed by atoms with Crippen LogP contribution in [0.2, 0.25) is 0 Å². The van der Waals surface area contributed by atoms with Crippen LogP contribution < -0.4 is 0 Å². The Hall–Kier alpha value is 0.252. The molecule has 59 valence electrons. The summed E-state index contributed by atoms with van der Waals surface area (Å²) in [6, 6.07) is 0. The highest BCUT2D eigenvalue weighted by Crippen LogP contribution is 1.75. The van der Waals surface area contributed by atoms with Crippen molar-refractivity contribution in [2.75, 3.05) is 0 Å². The van der Waals surface area contributed by atoms with Gasteiger partial charge in [0, 0.05) is 17.4 Å². The van der Waals surface area contributed by atoms with Crippen molar-refractivity contribution in [3.8, 4) is 0 Å². The first-order valence-electron chi connectivity index (χ1n) is 0.894. The molecule has 0 amide bonds. The summed E-state index contributed by atoms with van der Waals surface area (Å²) in [5.41, 5.74) is 0. The van der Waals surface area contributed by atoms with E-state index in [0.717, 1.165) is 0 Å². The average Bonchev–Trinajstić information content (AvgIpc) is 0.722. The van der Waals surface area contributed by atoms with Crippen molar-refractivity contribution in [1.29, 1.82) is 0 Å². The third kappa shape index (κ3) is 5060. The zero-order valence-electron chi connectivity index (χ0n) is 4.37. The molecule has 0 aliphatic rings. The number of aliphatic hydroxyl groups is 4. The molecule has 0 saturated carbocycles. The van der Waals surface area contributed by atoms with E-state index in [1.54, 1.807) is 0 Å². The maximum atomic E-state index is 7.19. The summed E-state index contributed by atoms with van der Waals surface area (Å²) in [6.45, 7) is 0. The second-order valence-electron chi connectivity index (χ2n) is 0.600. The number of hydrogen-bond acceptors (Lipinski definition) is 4. The predicted octanol–water partition coefficient (Wildman–Crippen LogP) is -5.29. The summed E-state index contributed by atoms with van der Waals surface area (Å²) in [5, 5.41) is 28.8. The van der Waals surface area contributed by atoms with Crippen molar-refractivity contribution < 1.29 is 36.9 Å². The molecule has 0 saturated heterocycles. The van der Waals surface area contributed by atoms with Gasteiger partial charge in [0.1, 0.15) is 0 Å². The van der Waals surface area contributed by atoms with Crippen molar-refractivity contribution in [3.05, 3.63) is 0 Å². The van der Waals surface area contributed by atoms with Gasteiger partial charge in [-0.15, -0.1) is 0 Å². The van der Waals surface area contributed by atoms with Crippen LogP contribution in [0.4, 0.5) is 0 Å². The zero-order chi connectivity index (χ0) is 4.50. The normalized spacial score (nSPS) is 6.67. The molecule has 3 radical (unpaired) electrons. The first kappa shape index (κ1) is 34.8. The molecule has 0 fully saturated rings. The lowest BCUT2D eigenvalue weighted by Crippen LogP contribution is -2.25. The van der Waals surface area contributed by atoms with Crippen molar-refractivity contribution >= 4 is 17.4 Å². The van der Waals surface area contributed by atoms with E-state index < -0.39 is 6.16 Å². The van der Waals surface area contributed by atoms with Crippen LogP contribution in [-0.2, 0) is 0 Å². The predicted molar refractivity (Wildman–Crippen MR) is 28.2 cm³/mol. The largest absolute Gasteiger partial charge is 0.412 e. The molecule has 0 aliphatic carbocycles. The highest BCUT2D eigenvalue weighted by atomic mass is 27.0. The molecule has 0 heterocycles. The van der Waals surface area contributed by atoms with Crippen LogP contribution in [0, 0.1) is 0 Å². The average molecular weight is 161 g/mol. The van der Waals surface area contributed by atoms with Crippen molar-refractivity contribution in [3.63, 3.8) is 0 Å². The van der Waals surface area contributed by atoms with Crippen LogP contribution in [0.15, 0.2) is 0 Å². The van der Waals surface area contributed by atoms with Gasteiger partial charge < -0.3 is 36.9 Å². The Morgan fingerprint density at radius 2 is 0.667 bits per heavy atom. The molecule has 0 aromatic rings. The lowest BCUT2D eigenvalue weighted by Gasteiger charge is -1.99. The minimum atomic E-state index is -3.50. The van der Waals surface area contributed by atoms with Gasteiger partial charge in [-0.2, -0.15) is 0 Å². The van der Waals surface area contributed by atoms with Gasteiger partial charge in [0.25, 0.3) is 0 Å². The summed E-state index contributed by atoms with van der Waals surface area (Å²) in [6.07, 6.45) is -3.50. The first-order valence-corrected chi connectivity index (χ1v) is 0.894. The van der Waals surface area contributed by atoms with Crippen LogP contribution in [-0.4, -0.2) is 60.4 Å². The van der Waals surface area contributed by atoms with Crippen molar-refractivity contribution in [1.82, 2.24) is 0 Å². The molecule has 10 N–H and O–H groups in total. The van der Waals surface area contributed by atoms with E-state index in [1.165, 1.54) is 0 Å². The highest BCUT2D eigenvalue weighted by molar-refractivity contribution is 5.75. The van der Waals surface area contributed by atoms with Gasteiger partial charge in [-0.3, -0.25) is 0 Å². The molecule has 0 bridgehead atoms. The van der Waals surface area contributed by atoms with Gasteiger partial charge in [0.05, 0.1) is 0 Å². The standard InChI is InChI=1S/CH4O4.Al.3H2O/c2-1(3,4)5;;;;/h2-5H;;3*1H2. The van der Waals surface area contributed by atoms with E-state index in [4.69, 9.17) is 20.4 Å². The van der Waals surface area contributed by atoms with Crippen molar-refractivity contribution in [2.45, 2.75) is 6.16 Å². The molecule has 0 aliphatic heterocycles. The van der Waals surface area contributed by atoms with Gasteiger partial charge in [0.15, 0.2) is 0 Å². The zero-order valence-corrected chi connectivity index (χ0v) is 5.52. The van der Waals surface area contributed by atoms with Crippen LogP contribution in [0.25, 0.3) is 0 Å². The quantitative estimate of drug-likeness (QED) is 0.205. The molecule has 9 heavy (non-hydrogen) atoms. The lowest BCUT2D eigenvalue weighted by atomic mass is 11.2. The highest BCUT2D eigenvalue weighted by Gasteiger charge is 2.07. The van der Waals surface area contributed by atoms with Crippen LogP contribution in [0.1, 0.15) is 0 Å². The van der Waals surface area contributed by atoms with Crippen LogP contribution in [0.3, 0.4) is 0 Å². The van der Waals surface area contributed by atoms with E-state index in [2.05, 4.69) is 0 Å². The maximum absolute atomic E-state index is 7.19. The van der Waals surface area contributed by atoms with Gasteiger partial charge in [-0.1, -0.05) is 0 Å². The summed E-state index contributed by atoms with van der Waals surface area (Å²) in [4.78, 5) is 0. The molecule has 0 unspecified atom stereocenters. The second kappa shape index (κ2) is 11.1. The van der Waals surface area contributed by atoms with E-state index in [-0.39, 0.29) is 33.8 Å². The maximum Gasteiger partial charge on any atom is 0.402 e. The molecular weight excluding hydrogens is 151 g/mol. The van der Waals surface area contributed by atoms with E-state index in [0.29, 0.717) is 0 Å². The number of hydrogen-bond donors (Lipinski definition) is 4. The third-order valence-corrected chi connectivity index (χ3v) is 0.